The van der Waals surface area contributed by atoms with E-state index in [2.05, 4.69) is 14.8 Å². The summed E-state index contributed by atoms with van der Waals surface area (Å²) in [6, 6.07) is -0.857. The van der Waals surface area contributed by atoms with Gasteiger partial charge in [-0.2, -0.15) is 0 Å². The molecule has 0 aromatic carbocycles. The van der Waals surface area contributed by atoms with Gasteiger partial charge in [-0.15, -0.1) is 0 Å². The predicted octanol–water partition coefficient (Wildman–Crippen LogP) is 2.24. The smallest absolute Gasteiger partial charge is 0.411 e. The Balaban J connectivity index is 4.42. The third-order valence-electron chi connectivity index (χ3n) is 1.60. The zero-order chi connectivity index (χ0) is 12.9. The fourth-order valence-corrected chi connectivity index (χ4v) is 1.10. The Bertz CT molecular complexity index is 264. The number of amides is 1. The second-order valence-corrected chi connectivity index (χ2v) is 5.40. The third kappa shape index (κ3) is 6.25. The van der Waals surface area contributed by atoms with Gasteiger partial charge in [-0.3, -0.25) is 0 Å². The van der Waals surface area contributed by atoms with Crippen molar-refractivity contribution in [3.8, 4) is 0 Å². The Morgan fingerprint density at radius 1 is 1.25 bits per heavy atom. The van der Waals surface area contributed by atoms with Crippen LogP contribution in [0.25, 0.3) is 0 Å². The lowest BCUT2D eigenvalue weighted by atomic mass is 10.1. The Morgan fingerprint density at radius 2 is 1.75 bits per heavy atom. The lowest BCUT2D eigenvalue weighted by molar-refractivity contribution is -0.144. The van der Waals surface area contributed by atoms with E-state index in [0.29, 0.717) is 0 Å². The van der Waals surface area contributed by atoms with Gasteiger partial charge in [0.2, 0.25) is 0 Å². The molecule has 94 valence electrons. The highest BCUT2D eigenvalue weighted by molar-refractivity contribution is 6.66. The summed E-state index contributed by atoms with van der Waals surface area (Å²) < 4.78 is 6.68. The first-order chi connectivity index (χ1) is 7.17. The molecule has 1 N–H and O–H groups in total. The molecule has 16 heavy (non-hydrogen) atoms. The number of hydrogen-bond acceptors (Lipinski definition) is 4. The fraction of sp³-hybridized carbons (Fsp3) is 0.750. The molecule has 1 atom stereocenters. The number of carbonyl (C=O) groups is 2. The number of halogens is 3. The standard InChI is InChI=1S/C8H12Cl3NO4/c1-4(2)5(6(13)15-3)12-7(14)16-8(9,10)11/h4-5H,1-3H3,(H,12,14)/t5-/m0/s1. The van der Waals surface area contributed by atoms with Crippen molar-refractivity contribution in [3.63, 3.8) is 0 Å². The normalized spacial score (nSPS) is 13.2. The van der Waals surface area contributed by atoms with Crippen molar-refractivity contribution < 1.29 is 19.1 Å². The molecule has 0 rings (SSSR count). The van der Waals surface area contributed by atoms with Gasteiger partial charge in [0.1, 0.15) is 6.04 Å². The minimum absolute atomic E-state index is 0.185. The number of alkyl halides is 3. The number of ether oxygens (including phenoxy) is 2. The van der Waals surface area contributed by atoms with Crippen LogP contribution in [0.15, 0.2) is 0 Å². The zero-order valence-corrected chi connectivity index (χ0v) is 11.2. The SMILES string of the molecule is COC(=O)[C@@H](NC(=O)OC(Cl)(Cl)Cl)C(C)C. The van der Waals surface area contributed by atoms with Gasteiger partial charge < -0.3 is 14.8 Å². The Morgan fingerprint density at radius 3 is 2.06 bits per heavy atom. The summed E-state index contributed by atoms with van der Waals surface area (Å²) in [4.78, 5) is 22.5. The molecule has 0 spiro atoms. The second kappa shape index (κ2) is 6.37. The molecule has 1 amide bonds. The molecule has 0 radical (unpaired) electrons. The van der Waals surface area contributed by atoms with Gasteiger partial charge in [0.05, 0.1) is 7.11 Å². The van der Waals surface area contributed by atoms with E-state index in [9.17, 15) is 9.59 Å². The highest BCUT2D eigenvalue weighted by Gasteiger charge is 2.30. The molecule has 0 saturated heterocycles. The number of rotatable bonds is 3. The van der Waals surface area contributed by atoms with Crippen molar-refractivity contribution in [1.82, 2.24) is 5.32 Å². The van der Waals surface area contributed by atoms with E-state index in [4.69, 9.17) is 34.8 Å². The lowest BCUT2D eigenvalue weighted by Gasteiger charge is -2.20. The molecule has 5 nitrogen and oxygen atoms in total. The number of hydrogen-bond donors (Lipinski definition) is 1. The van der Waals surface area contributed by atoms with Crippen LogP contribution in [-0.4, -0.2) is 29.2 Å². The molecule has 0 aliphatic rings. The molecule has 8 heteroatoms. The molecule has 0 saturated carbocycles. The van der Waals surface area contributed by atoms with Crippen LogP contribution in [0.2, 0.25) is 0 Å². The predicted molar refractivity (Wildman–Crippen MR) is 60.5 cm³/mol. The van der Waals surface area contributed by atoms with Crippen molar-refractivity contribution >= 4 is 46.9 Å². The van der Waals surface area contributed by atoms with Crippen molar-refractivity contribution in [2.45, 2.75) is 23.9 Å². The number of esters is 1. The van der Waals surface area contributed by atoms with Gasteiger partial charge in [0, 0.05) is 0 Å². The summed E-state index contributed by atoms with van der Waals surface area (Å²) in [5.74, 6) is -0.786. The summed E-state index contributed by atoms with van der Waals surface area (Å²) in [7, 11) is 1.21. The summed E-state index contributed by atoms with van der Waals surface area (Å²) in [6.45, 7) is 3.44. The average molecular weight is 293 g/mol. The van der Waals surface area contributed by atoms with Crippen LogP contribution in [0.1, 0.15) is 13.8 Å². The van der Waals surface area contributed by atoms with Crippen LogP contribution >= 0.6 is 34.8 Å². The van der Waals surface area contributed by atoms with E-state index >= 15 is 0 Å². The van der Waals surface area contributed by atoms with Crippen molar-refractivity contribution in [2.75, 3.05) is 7.11 Å². The molecular weight excluding hydrogens is 280 g/mol. The fourth-order valence-electron chi connectivity index (χ4n) is 0.886. The number of alkyl carbamates (subject to hydrolysis) is 1. The van der Waals surface area contributed by atoms with Gasteiger partial charge in [-0.1, -0.05) is 13.8 Å². The quantitative estimate of drug-likeness (QED) is 0.640. The molecule has 0 heterocycles. The van der Waals surface area contributed by atoms with Crippen LogP contribution in [0, 0.1) is 5.92 Å². The van der Waals surface area contributed by atoms with Crippen molar-refractivity contribution in [3.05, 3.63) is 0 Å². The lowest BCUT2D eigenvalue weighted by Crippen LogP contribution is -2.46. The first-order valence-corrected chi connectivity index (χ1v) is 5.45. The maximum Gasteiger partial charge on any atom is 0.411 e. The Labute approximate surface area is 108 Å². The Kier molecular flexibility index (Phi) is 6.22. The van der Waals surface area contributed by atoms with Crippen LogP contribution in [0.5, 0.6) is 0 Å². The molecule has 0 aliphatic carbocycles. The highest BCUT2D eigenvalue weighted by atomic mass is 35.6. The molecule has 0 aromatic heterocycles. The maximum absolute atomic E-state index is 11.3. The number of methoxy groups -OCH3 is 1. The molecule has 0 bridgehead atoms. The second-order valence-electron chi connectivity index (χ2n) is 3.22. The minimum atomic E-state index is -2.16. The van der Waals surface area contributed by atoms with E-state index in [1.165, 1.54) is 7.11 Å². The van der Waals surface area contributed by atoms with E-state index < -0.39 is 22.1 Å². The summed E-state index contributed by atoms with van der Waals surface area (Å²) in [5.41, 5.74) is 0. The van der Waals surface area contributed by atoms with Crippen molar-refractivity contribution in [1.29, 1.82) is 0 Å². The molecular formula is C8H12Cl3NO4. The number of carbonyl (C=O) groups excluding carboxylic acids is 2. The third-order valence-corrected chi connectivity index (χ3v) is 1.84. The van der Waals surface area contributed by atoms with E-state index in [-0.39, 0.29) is 5.92 Å². The number of nitrogens with one attached hydrogen (secondary N) is 1. The topological polar surface area (TPSA) is 64.6 Å². The van der Waals surface area contributed by atoms with E-state index in [1.54, 1.807) is 13.8 Å². The molecule has 0 aromatic rings. The van der Waals surface area contributed by atoms with Gasteiger partial charge in [0.15, 0.2) is 0 Å². The van der Waals surface area contributed by atoms with Crippen molar-refractivity contribution in [2.24, 2.45) is 5.92 Å². The van der Waals surface area contributed by atoms with Gasteiger partial charge in [0.25, 0.3) is 0 Å². The maximum atomic E-state index is 11.3. The average Bonchev–Trinajstić information content (AvgIpc) is 2.09. The monoisotopic (exact) mass is 291 g/mol. The van der Waals surface area contributed by atoms with Gasteiger partial charge in [-0.05, 0) is 40.7 Å². The summed E-state index contributed by atoms with van der Waals surface area (Å²) in [6.07, 6.45) is -1.01. The first-order valence-electron chi connectivity index (χ1n) is 4.31. The molecule has 0 unspecified atom stereocenters. The van der Waals surface area contributed by atoms with E-state index in [0.717, 1.165) is 0 Å². The highest BCUT2D eigenvalue weighted by Crippen LogP contribution is 2.27. The first kappa shape index (κ1) is 15.6. The molecule has 0 aliphatic heterocycles. The van der Waals surface area contributed by atoms with Gasteiger partial charge in [-0.25, -0.2) is 9.59 Å². The van der Waals surface area contributed by atoms with Crippen LogP contribution in [-0.2, 0) is 14.3 Å². The van der Waals surface area contributed by atoms with Crippen LogP contribution in [0.3, 0.4) is 0 Å². The minimum Gasteiger partial charge on any atom is -0.467 e. The van der Waals surface area contributed by atoms with Crippen LogP contribution < -0.4 is 5.32 Å². The van der Waals surface area contributed by atoms with Crippen LogP contribution in [0.4, 0.5) is 4.79 Å². The largest absolute Gasteiger partial charge is 0.467 e. The Hall–Kier alpha value is -0.390. The summed E-state index contributed by atoms with van der Waals surface area (Å²) >= 11 is 15.7. The summed E-state index contributed by atoms with van der Waals surface area (Å²) in [5, 5.41) is 2.23. The van der Waals surface area contributed by atoms with Gasteiger partial charge >= 0.3 is 16.0 Å². The van der Waals surface area contributed by atoms with E-state index in [1.807, 2.05) is 0 Å². The molecule has 0 fully saturated rings. The zero-order valence-electron chi connectivity index (χ0n) is 8.92.